The van der Waals surface area contributed by atoms with Crippen LogP contribution in [-0.4, -0.2) is 11.3 Å². The molecule has 0 amide bonds. The van der Waals surface area contributed by atoms with Crippen molar-refractivity contribution in [2.75, 3.05) is 0 Å². The third kappa shape index (κ3) is 5.06. The second kappa shape index (κ2) is 8.53. The summed E-state index contributed by atoms with van der Waals surface area (Å²) in [6.45, 7) is 0. The van der Waals surface area contributed by atoms with Crippen LogP contribution in [0.2, 0.25) is 0 Å². The van der Waals surface area contributed by atoms with E-state index in [2.05, 4.69) is 27.9 Å². The van der Waals surface area contributed by atoms with E-state index in [4.69, 9.17) is 0 Å². The Balaban J connectivity index is 0.00000240. The Hall–Kier alpha value is -3.05. The maximum absolute atomic E-state index is 12.3. The lowest BCUT2D eigenvalue weighted by molar-refractivity contribution is -0.274. The zero-order valence-electron chi connectivity index (χ0n) is 15.2. The number of rotatable bonds is 4. The summed E-state index contributed by atoms with van der Waals surface area (Å²) < 4.78 is 41.0. The van der Waals surface area contributed by atoms with Gasteiger partial charge in [-0.15, -0.1) is 25.6 Å². The van der Waals surface area contributed by atoms with Crippen LogP contribution in [-0.2, 0) is 6.42 Å². The van der Waals surface area contributed by atoms with Crippen LogP contribution in [0.5, 0.6) is 5.75 Å². The van der Waals surface area contributed by atoms with E-state index in [1.54, 1.807) is 18.3 Å². The summed E-state index contributed by atoms with van der Waals surface area (Å²) in [5, 5.41) is 2.24. The first-order valence-corrected chi connectivity index (χ1v) is 8.75. The van der Waals surface area contributed by atoms with Gasteiger partial charge in [0.25, 0.3) is 0 Å². The summed E-state index contributed by atoms with van der Waals surface area (Å²) in [6, 6.07) is 22.2. The van der Waals surface area contributed by atoms with Crippen molar-refractivity contribution >= 4 is 23.2 Å². The fourth-order valence-electron chi connectivity index (χ4n) is 3.25. The summed E-state index contributed by atoms with van der Waals surface area (Å²) >= 11 is 0. The topological polar surface area (TPSA) is 22.1 Å². The number of halogens is 4. The van der Waals surface area contributed by atoms with Gasteiger partial charge in [0, 0.05) is 18.0 Å². The molecule has 0 unspecified atom stereocenters. The molecule has 3 aromatic carbocycles. The predicted octanol–water partition coefficient (Wildman–Crippen LogP) is 6.81. The lowest BCUT2D eigenvalue weighted by Gasteiger charge is -2.13. The number of aromatic nitrogens is 1. The monoisotopic (exact) mass is 415 g/mol. The average molecular weight is 416 g/mol. The number of hydrogen-bond donors (Lipinski definition) is 0. The zero-order chi connectivity index (χ0) is 19.6. The molecule has 0 atom stereocenters. The highest BCUT2D eigenvalue weighted by atomic mass is 35.5. The SMILES string of the molecule is Cl.FC(F)(F)Oc1ccc(Cc2cc3ccccc3cc2-c2cccnc2)cc1. The van der Waals surface area contributed by atoms with Crippen LogP contribution < -0.4 is 4.74 Å². The number of benzene rings is 3. The molecule has 4 aromatic rings. The van der Waals surface area contributed by atoms with E-state index >= 15 is 0 Å². The summed E-state index contributed by atoms with van der Waals surface area (Å²) in [5.74, 6) is -0.220. The first-order valence-electron chi connectivity index (χ1n) is 8.75. The number of fused-ring (bicyclic) bond motifs is 1. The van der Waals surface area contributed by atoms with Gasteiger partial charge in [0.2, 0.25) is 0 Å². The molecule has 1 heterocycles. The predicted molar refractivity (Wildman–Crippen MR) is 110 cm³/mol. The fraction of sp³-hybridized carbons (Fsp3) is 0.0870. The van der Waals surface area contributed by atoms with Crippen molar-refractivity contribution in [3.63, 3.8) is 0 Å². The lowest BCUT2D eigenvalue weighted by atomic mass is 9.92. The van der Waals surface area contributed by atoms with Crippen LogP contribution >= 0.6 is 12.4 Å². The molecule has 6 heteroatoms. The van der Waals surface area contributed by atoms with Gasteiger partial charge >= 0.3 is 6.36 Å². The van der Waals surface area contributed by atoms with Crippen LogP contribution in [0.4, 0.5) is 13.2 Å². The molecule has 0 spiro atoms. The van der Waals surface area contributed by atoms with Crippen LogP contribution in [0.3, 0.4) is 0 Å². The van der Waals surface area contributed by atoms with E-state index in [0.29, 0.717) is 6.42 Å². The minimum atomic E-state index is -4.69. The molecule has 0 N–H and O–H groups in total. The standard InChI is InChI=1S/C23H16F3NO.ClH/c24-23(25,26)28-21-9-7-16(8-10-21)12-20-13-17-4-1-2-5-18(17)14-22(20)19-6-3-11-27-15-19;/h1-11,13-15H,12H2;1H. The Morgan fingerprint density at radius 1 is 0.828 bits per heavy atom. The molecule has 0 saturated carbocycles. The first-order chi connectivity index (χ1) is 13.5. The minimum Gasteiger partial charge on any atom is -0.406 e. The third-order valence-corrected chi connectivity index (χ3v) is 4.50. The van der Waals surface area contributed by atoms with Crippen molar-refractivity contribution in [3.05, 3.63) is 96.3 Å². The lowest BCUT2D eigenvalue weighted by Crippen LogP contribution is -2.17. The molecule has 0 aliphatic heterocycles. The highest BCUT2D eigenvalue weighted by Gasteiger charge is 2.30. The molecule has 0 fully saturated rings. The largest absolute Gasteiger partial charge is 0.573 e. The summed E-state index contributed by atoms with van der Waals surface area (Å²) in [5.41, 5.74) is 4.04. The second-order valence-electron chi connectivity index (χ2n) is 6.47. The Labute approximate surface area is 172 Å². The molecule has 0 bridgehead atoms. The maximum Gasteiger partial charge on any atom is 0.573 e. The molecular weight excluding hydrogens is 399 g/mol. The molecule has 0 aliphatic carbocycles. The van der Waals surface area contributed by atoms with Gasteiger partial charge < -0.3 is 4.74 Å². The zero-order valence-corrected chi connectivity index (χ0v) is 16.0. The molecule has 0 aliphatic rings. The first kappa shape index (κ1) is 20.7. The van der Waals surface area contributed by atoms with Crippen molar-refractivity contribution in [2.45, 2.75) is 12.8 Å². The molecule has 0 radical (unpaired) electrons. The number of ether oxygens (including phenoxy) is 1. The number of pyridine rings is 1. The molecular formula is C23H17ClF3NO. The summed E-state index contributed by atoms with van der Waals surface area (Å²) in [7, 11) is 0. The molecule has 2 nitrogen and oxygen atoms in total. The van der Waals surface area contributed by atoms with Crippen molar-refractivity contribution in [1.29, 1.82) is 0 Å². The average Bonchev–Trinajstić information content (AvgIpc) is 2.68. The van der Waals surface area contributed by atoms with E-state index in [1.165, 1.54) is 12.1 Å². The van der Waals surface area contributed by atoms with Crippen molar-refractivity contribution < 1.29 is 17.9 Å². The van der Waals surface area contributed by atoms with Gasteiger partial charge in [-0.05, 0) is 58.1 Å². The van der Waals surface area contributed by atoms with Gasteiger partial charge in [0.1, 0.15) is 5.75 Å². The van der Waals surface area contributed by atoms with E-state index in [1.807, 2.05) is 36.5 Å². The van der Waals surface area contributed by atoms with Crippen LogP contribution in [0.15, 0.2) is 85.2 Å². The van der Waals surface area contributed by atoms with Gasteiger partial charge in [-0.25, -0.2) is 0 Å². The molecule has 1 aromatic heterocycles. The van der Waals surface area contributed by atoms with E-state index < -0.39 is 6.36 Å². The Bertz CT molecular complexity index is 1100. The van der Waals surface area contributed by atoms with Crippen molar-refractivity contribution in [3.8, 4) is 16.9 Å². The molecule has 29 heavy (non-hydrogen) atoms. The number of nitrogens with zero attached hydrogens (tertiary/aromatic N) is 1. The fourth-order valence-corrected chi connectivity index (χ4v) is 3.25. The van der Waals surface area contributed by atoms with Gasteiger partial charge in [0.15, 0.2) is 0 Å². The second-order valence-corrected chi connectivity index (χ2v) is 6.47. The van der Waals surface area contributed by atoms with Crippen LogP contribution in [0.25, 0.3) is 21.9 Å². The van der Waals surface area contributed by atoms with Crippen molar-refractivity contribution in [1.82, 2.24) is 4.98 Å². The number of hydrogen-bond acceptors (Lipinski definition) is 2. The number of alkyl halides is 3. The van der Waals surface area contributed by atoms with E-state index in [-0.39, 0.29) is 18.2 Å². The molecule has 148 valence electrons. The molecule has 4 rings (SSSR count). The minimum absolute atomic E-state index is 0. The van der Waals surface area contributed by atoms with Gasteiger partial charge in [-0.2, -0.15) is 0 Å². The molecule has 0 saturated heterocycles. The summed E-state index contributed by atoms with van der Waals surface area (Å²) in [4.78, 5) is 4.21. The van der Waals surface area contributed by atoms with E-state index in [0.717, 1.165) is 33.0 Å². The third-order valence-electron chi connectivity index (χ3n) is 4.50. The van der Waals surface area contributed by atoms with E-state index in [9.17, 15) is 13.2 Å². The maximum atomic E-state index is 12.3. The smallest absolute Gasteiger partial charge is 0.406 e. The Morgan fingerprint density at radius 2 is 1.52 bits per heavy atom. The normalized spacial score (nSPS) is 11.1. The summed E-state index contributed by atoms with van der Waals surface area (Å²) in [6.07, 6.45) is -0.563. The van der Waals surface area contributed by atoms with Gasteiger partial charge in [-0.1, -0.05) is 48.5 Å². The Kier molecular flexibility index (Phi) is 6.09. The quantitative estimate of drug-likeness (QED) is 0.365. The van der Waals surface area contributed by atoms with Gasteiger partial charge in [0.05, 0.1) is 0 Å². The van der Waals surface area contributed by atoms with Crippen LogP contribution in [0, 0.1) is 0 Å². The van der Waals surface area contributed by atoms with Crippen molar-refractivity contribution in [2.24, 2.45) is 0 Å². The Morgan fingerprint density at radius 3 is 2.14 bits per heavy atom. The highest BCUT2D eigenvalue weighted by molar-refractivity contribution is 5.89. The van der Waals surface area contributed by atoms with Crippen LogP contribution in [0.1, 0.15) is 11.1 Å². The highest BCUT2D eigenvalue weighted by Crippen LogP contribution is 2.31. The van der Waals surface area contributed by atoms with Gasteiger partial charge in [-0.3, -0.25) is 4.98 Å².